The zero-order chi connectivity index (χ0) is 11.5. The highest BCUT2D eigenvalue weighted by molar-refractivity contribution is 5.62. The van der Waals surface area contributed by atoms with E-state index in [4.69, 9.17) is 4.74 Å². The first kappa shape index (κ1) is 10.7. The number of non-ortho nitro benzene ring substituents is 1. The lowest BCUT2D eigenvalue weighted by atomic mass is 9.93. The predicted octanol–water partition coefficient (Wildman–Crippen LogP) is 2.57. The molecule has 0 bridgehead atoms. The fourth-order valence-corrected chi connectivity index (χ4v) is 1.69. The maximum Gasteiger partial charge on any atom is 0.271 e. The first-order chi connectivity index (χ1) is 7.70. The normalized spacial score (nSPS) is 15.3. The number of ether oxygens (including phenoxy) is 1. The Morgan fingerprint density at radius 1 is 1.50 bits per heavy atom. The zero-order valence-electron chi connectivity index (χ0n) is 9.10. The monoisotopic (exact) mass is 222 g/mol. The second-order valence-corrected chi connectivity index (χ2v) is 3.91. The van der Waals surface area contributed by atoms with Crippen LogP contribution >= 0.6 is 0 Å². The molecule has 2 rings (SSSR count). The maximum atomic E-state index is 10.7. The third kappa shape index (κ3) is 2.08. The maximum absolute atomic E-state index is 10.7. The number of nitro benzene ring substituents is 1. The molecule has 5 heteroatoms. The van der Waals surface area contributed by atoms with E-state index in [0.29, 0.717) is 17.5 Å². The molecule has 1 aliphatic carbocycles. The first-order valence-electron chi connectivity index (χ1n) is 5.29. The van der Waals surface area contributed by atoms with Crippen molar-refractivity contribution < 1.29 is 9.66 Å². The number of anilines is 1. The van der Waals surface area contributed by atoms with Gasteiger partial charge in [0.05, 0.1) is 17.7 Å². The van der Waals surface area contributed by atoms with Crippen LogP contribution in [0.4, 0.5) is 11.4 Å². The summed E-state index contributed by atoms with van der Waals surface area (Å²) >= 11 is 0. The summed E-state index contributed by atoms with van der Waals surface area (Å²) in [6, 6.07) is 5.03. The summed E-state index contributed by atoms with van der Waals surface area (Å²) < 4.78 is 5.16. The molecule has 1 aliphatic rings. The number of benzene rings is 1. The minimum atomic E-state index is -0.397. The zero-order valence-corrected chi connectivity index (χ0v) is 9.10. The molecule has 0 unspecified atom stereocenters. The van der Waals surface area contributed by atoms with Crippen LogP contribution in [0.25, 0.3) is 0 Å². The highest BCUT2D eigenvalue weighted by atomic mass is 16.6. The fourth-order valence-electron chi connectivity index (χ4n) is 1.69. The first-order valence-corrected chi connectivity index (χ1v) is 5.29. The van der Waals surface area contributed by atoms with Crippen molar-refractivity contribution in [1.82, 2.24) is 0 Å². The van der Waals surface area contributed by atoms with Gasteiger partial charge in [0.1, 0.15) is 5.75 Å². The smallest absolute Gasteiger partial charge is 0.271 e. The van der Waals surface area contributed by atoms with Crippen LogP contribution < -0.4 is 10.1 Å². The largest absolute Gasteiger partial charge is 0.495 e. The minimum Gasteiger partial charge on any atom is -0.495 e. The summed E-state index contributed by atoms with van der Waals surface area (Å²) in [6.45, 7) is 0. The second-order valence-electron chi connectivity index (χ2n) is 3.91. The molecule has 86 valence electrons. The fraction of sp³-hybridized carbons (Fsp3) is 0.455. The third-order valence-electron chi connectivity index (χ3n) is 2.86. The number of hydrogen-bond donors (Lipinski definition) is 1. The van der Waals surface area contributed by atoms with Gasteiger partial charge in [-0.1, -0.05) is 0 Å². The Morgan fingerprint density at radius 2 is 2.25 bits per heavy atom. The molecule has 0 atom stereocenters. The van der Waals surface area contributed by atoms with Crippen molar-refractivity contribution >= 4 is 11.4 Å². The third-order valence-corrected chi connectivity index (χ3v) is 2.86. The van der Waals surface area contributed by atoms with Crippen molar-refractivity contribution in [2.24, 2.45) is 0 Å². The number of nitrogens with zero attached hydrogens (tertiary/aromatic N) is 1. The van der Waals surface area contributed by atoms with Crippen LogP contribution in [0, 0.1) is 10.1 Å². The van der Waals surface area contributed by atoms with E-state index in [1.165, 1.54) is 18.6 Å². The molecule has 0 amide bonds. The predicted molar refractivity (Wildman–Crippen MR) is 60.9 cm³/mol. The lowest BCUT2D eigenvalue weighted by molar-refractivity contribution is -0.384. The van der Waals surface area contributed by atoms with Crippen molar-refractivity contribution in [3.63, 3.8) is 0 Å². The lowest BCUT2D eigenvalue weighted by Gasteiger charge is -2.28. The van der Waals surface area contributed by atoms with E-state index in [-0.39, 0.29) is 5.69 Å². The van der Waals surface area contributed by atoms with Crippen LogP contribution in [0.3, 0.4) is 0 Å². The summed E-state index contributed by atoms with van der Waals surface area (Å²) in [5.41, 5.74) is 0.795. The van der Waals surface area contributed by atoms with Crippen molar-refractivity contribution in [3.8, 4) is 5.75 Å². The van der Waals surface area contributed by atoms with E-state index in [0.717, 1.165) is 12.8 Å². The molecule has 1 aromatic rings. The Kier molecular flexibility index (Phi) is 2.94. The average Bonchev–Trinajstić information content (AvgIpc) is 2.23. The van der Waals surface area contributed by atoms with Gasteiger partial charge in [-0.25, -0.2) is 0 Å². The van der Waals surface area contributed by atoms with Gasteiger partial charge >= 0.3 is 0 Å². The number of methoxy groups -OCH3 is 1. The highest BCUT2D eigenvalue weighted by Crippen LogP contribution is 2.32. The van der Waals surface area contributed by atoms with Crippen molar-refractivity contribution in [3.05, 3.63) is 28.3 Å². The van der Waals surface area contributed by atoms with Gasteiger partial charge in [0.2, 0.25) is 0 Å². The molecule has 1 N–H and O–H groups in total. The molecule has 0 radical (unpaired) electrons. The Morgan fingerprint density at radius 3 is 2.75 bits per heavy atom. The molecule has 0 aliphatic heterocycles. The van der Waals surface area contributed by atoms with Crippen LogP contribution in [0.15, 0.2) is 18.2 Å². The van der Waals surface area contributed by atoms with Crippen molar-refractivity contribution in [2.45, 2.75) is 25.3 Å². The number of nitrogens with one attached hydrogen (secondary N) is 1. The van der Waals surface area contributed by atoms with Gasteiger partial charge in [0.25, 0.3) is 5.69 Å². The van der Waals surface area contributed by atoms with Crippen LogP contribution in [-0.2, 0) is 0 Å². The molecule has 0 saturated heterocycles. The van der Waals surface area contributed by atoms with Gasteiger partial charge in [0, 0.05) is 18.2 Å². The van der Waals surface area contributed by atoms with E-state index < -0.39 is 4.92 Å². The molecule has 1 fully saturated rings. The Balaban J connectivity index is 2.23. The highest BCUT2D eigenvalue weighted by Gasteiger charge is 2.20. The van der Waals surface area contributed by atoms with Gasteiger partial charge in [0.15, 0.2) is 0 Å². The molecule has 0 heterocycles. The van der Waals surface area contributed by atoms with E-state index in [2.05, 4.69) is 5.32 Å². The summed E-state index contributed by atoms with van der Waals surface area (Å²) in [7, 11) is 1.56. The van der Waals surface area contributed by atoms with E-state index >= 15 is 0 Å². The summed E-state index contributed by atoms with van der Waals surface area (Å²) in [4.78, 5) is 10.3. The van der Waals surface area contributed by atoms with Gasteiger partial charge < -0.3 is 10.1 Å². The number of nitro groups is 1. The average molecular weight is 222 g/mol. The molecule has 5 nitrogen and oxygen atoms in total. The molecule has 0 spiro atoms. The SMILES string of the molecule is COc1ccc([N+](=O)[O-])cc1NC1CCC1. The summed E-state index contributed by atoms with van der Waals surface area (Å²) in [5.74, 6) is 0.650. The number of hydrogen-bond acceptors (Lipinski definition) is 4. The van der Waals surface area contributed by atoms with Crippen LogP contribution in [0.5, 0.6) is 5.75 Å². The molecule has 16 heavy (non-hydrogen) atoms. The molecule has 0 aromatic heterocycles. The van der Waals surface area contributed by atoms with Gasteiger partial charge in [-0.05, 0) is 25.3 Å². The summed E-state index contributed by atoms with van der Waals surface area (Å²) in [5, 5.41) is 13.9. The number of rotatable bonds is 4. The van der Waals surface area contributed by atoms with Crippen molar-refractivity contribution in [2.75, 3.05) is 12.4 Å². The van der Waals surface area contributed by atoms with Crippen LogP contribution in [0.2, 0.25) is 0 Å². The van der Waals surface area contributed by atoms with Crippen LogP contribution in [-0.4, -0.2) is 18.1 Å². The Bertz CT molecular complexity index is 402. The van der Waals surface area contributed by atoms with E-state index in [1.54, 1.807) is 13.2 Å². The van der Waals surface area contributed by atoms with E-state index in [9.17, 15) is 10.1 Å². The van der Waals surface area contributed by atoms with Crippen molar-refractivity contribution in [1.29, 1.82) is 0 Å². The topological polar surface area (TPSA) is 64.4 Å². The summed E-state index contributed by atoms with van der Waals surface area (Å²) in [6.07, 6.45) is 3.45. The second kappa shape index (κ2) is 4.38. The van der Waals surface area contributed by atoms with E-state index in [1.807, 2.05) is 0 Å². The standard InChI is InChI=1S/C11H14N2O3/c1-16-11-6-5-9(13(14)15)7-10(11)12-8-3-2-4-8/h5-8,12H,2-4H2,1H3. The molecule has 1 saturated carbocycles. The molecule has 1 aromatic carbocycles. The Hall–Kier alpha value is -1.78. The molecular weight excluding hydrogens is 208 g/mol. The van der Waals surface area contributed by atoms with Gasteiger partial charge in [-0.3, -0.25) is 10.1 Å². The molecular formula is C11H14N2O3. The lowest BCUT2D eigenvalue weighted by Crippen LogP contribution is -2.27. The van der Waals surface area contributed by atoms with Crippen LogP contribution in [0.1, 0.15) is 19.3 Å². The minimum absolute atomic E-state index is 0.0858. The quantitative estimate of drug-likeness (QED) is 0.628. The van der Waals surface area contributed by atoms with Gasteiger partial charge in [-0.2, -0.15) is 0 Å². The Labute approximate surface area is 93.6 Å². The van der Waals surface area contributed by atoms with Gasteiger partial charge in [-0.15, -0.1) is 0 Å².